The Balaban J connectivity index is 1.87. The van der Waals surface area contributed by atoms with Gasteiger partial charge in [-0.2, -0.15) is 0 Å². The van der Waals surface area contributed by atoms with Crippen LogP contribution in [-0.4, -0.2) is 18.3 Å². The molecular weight excluding hydrogens is 266 g/mol. The van der Waals surface area contributed by atoms with Crippen LogP contribution in [0.25, 0.3) is 0 Å². The largest absolute Gasteiger partial charge is 0.396 e. The van der Waals surface area contributed by atoms with Gasteiger partial charge >= 0.3 is 0 Å². The molecule has 1 aliphatic heterocycles. The first-order valence-electron chi connectivity index (χ1n) is 7.14. The molecule has 1 N–H and O–H groups in total. The topological polar surface area (TPSA) is 23.5 Å². The van der Waals surface area contributed by atoms with Crippen LogP contribution in [0.2, 0.25) is 0 Å². The first-order valence-corrected chi connectivity index (χ1v) is 7.96. The number of unbranched alkanes of at least 4 members (excludes halogenated alkanes) is 2. The number of para-hydroxylation sites is 2. The van der Waals surface area contributed by atoms with Crippen molar-refractivity contribution in [2.75, 3.05) is 18.1 Å². The second-order valence-corrected chi connectivity index (χ2v) is 6.06. The van der Waals surface area contributed by atoms with Crippen LogP contribution in [0.4, 0.5) is 11.4 Å². The highest BCUT2D eigenvalue weighted by Gasteiger charge is 2.21. The fourth-order valence-corrected chi connectivity index (χ4v) is 3.68. The van der Waals surface area contributed by atoms with Gasteiger partial charge in [0.25, 0.3) is 0 Å². The predicted molar refractivity (Wildman–Crippen MR) is 84.9 cm³/mol. The van der Waals surface area contributed by atoms with E-state index in [2.05, 4.69) is 53.4 Å². The molecular formula is C17H19NOS. The zero-order valence-corrected chi connectivity index (χ0v) is 12.3. The molecule has 104 valence electrons. The van der Waals surface area contributed by atoms with Crippen molar-refractivity contribution in [1.82, 2.24) is 0 Å². The number of aliphatic hydroxyl groups is 1. The zero-order valence-electron chi connectivity index (χ0n) is 11.5. The summed E-state index contributed by atoms with van der Waals surface area (Å²) in [4.78, 5) is 5.07. The number of benzene rings is 2. The van der Waals surface area contributed by atoms with Crippen molar-refractivity contribution in [2.24, 2.45) is 0 Å². The van der Waals surface area contributed by atoms with Gasteiger partial charge in [-0.25, -0.2) is 0 Å². The molecule has 0 radical (unpaired) electrons. The van der Waals surface area contributed by atoms with Crippen molar-refractivity contribution in [2.45, 2.75) is 29.1 Å². The molecule has 0 saturated carbocycles. The Labute approximate surface area is 124 Å². The van der Waals surface area contributed by atoms with Crippen molar-refractivity contribution in [1.29, 1.82) is 0 Å². The van der Waals surface area contributed by atoms with E-state index < -0.39 is 0 Å². The number of fused-ring (bicyclic) bond motifs is 2. The molecule has 0 spiro atoms. The van der Waals surface area contributed by atoms with Gasteiger partial charge in [-0.15, -0.1) is 0 Å². The molecule has 0 amide bonds. The average molecular weight is 285 g/mol. The van der Waals surface area contributed by atoms with Crippen molar-refractivity contribution in [3.8, 4) is 0 Å². The van der Waals surface area contributed by atoms with Gasteiger partial charge in [-0.1, -0.05) is 36.0 Å². The van der Waals surface area contributed by atoms with Gasteiger partial charge in [0.15, 0.2) is 0 Å². The molecule has 0 fully saturated rings. The Morgan fingerprint density at radius 2 is 1.40 bits per heavy atom. The van der Waals surface area contributed by atoms with E-state index in [1.54, 1.807) is 0 Å². The summed E-state index contributed by atoms with van der Waals surface area (Å²) >= 11 is 1.85. The van der Waals surface area contributed by atoms with Gasteiger partial charge in [-0.05, 0) is 43.5 Å². The third-order valence-electron chi connectivity index (χ3n) is 3.57. The van der Waals surface area contributed by atoms with E-state index >= 15 is 0 Å². The van der Waals surface area contributed by atoms with Gasteiger partial charge in [0.05, 0.1) is 11.4 Å². The average Bonchev–Trinajstić information content (AvgIpc) is 2.50. The standard InChI is InChI=1S/C17H19NOS/c19-13-7-1-6-12-18-14-8-2-4-10-16(14)20-17-11-5-3-9-15(17)18/h2-5,8-11,19H,1,6-7,12-13H2. The van der Waals surface area contributed by atoms with Gasteiger partial charge in [0.2, 0.25) is 0 Å². The Bertz CT molecular complexity index is 539. The number of aliphatic hydroxyl groups excluding tert-OH is 1. The SMILES string of the molecule is OCCCCCN1c2ccccc2Sc2ccccc21. The second kappa shape index (κ2) is 6.33. The minimum atomic E-state index is 0.295. The summed E-state index contributed by atoms with van der Waals surface area (Å²) in [7, 11) is 0. The van der Waals surface area contributed by atoms with Crippen LogP contribution in [-0.2, 0) is 0 Å². The van der Waals surface area contributed by atoms with Gasteiger partial charge in [0, 0.05) is 22.9 Å². The lowest BCUT2D eigenvalue weighted by Crippen LogP contribution is -2.21. The van der Waals surface area contributed by atoms with Crippen molar-refractivity contribution >= 4 is 23.1 Å². The molecule has 0 aliphatic carbocycles. The van der Waals surface area contributed by atoms with E-state index in [1.165, 1.54) is 21.2 Å². The van der Waals surface area contributed by atoms with Gasteiger partial charge < -0.3 is 10.0 Å². The summed E-state index contributed by atoms with van der Waals surface area (Å²) in [5.41, 5.74) is 2.61. The maximum atomic E-state index is 8.90. The summed E-state index contributed by atoms with van der Waals surface area (Å²) < 4.78 is 0. The quantitative estimate of drug-likeness (QED) is 0.821. The normalized spacial score (nSPS) is 12.9. The van der Waals surface area contributed by atoms with Gasteiger partial charge in [-0.3, -0.25) is 0 Å². The van der Waals surface area contributed by atoms with Crippen LogP contribution in [0.5, 0.6) is 0 Å². The lowest BCUT2D eigenvalue weighted by molar-refractivity contribution is 0.283. The van der Waals surface area contributed by atoms with E-state index in [0.29, 0.717) is 6.61 Å². The fourth-order valence-electron chi connectivity index (χ4n) is 2.58. The highest BCUT2D eigenvalue weighted by atomic mass is 32.2. The summed E-state index contributed by atoms with van der Waals surface area (Å²) in [5, 5.41) is 8.90. The van der Waals surface area contributed by atoms with E-state index in [1.807, 2.05) is 11.8 Å². The fraction of sp³-hybridized carbons (Fsp3) is 0.294. The predicted octanol–water partition coefficient (Wildman–Crippen LogP) is 4.45. The first kappa shape index (κ1) is 13.5. The third kappa shape index (κ3) is 2.69. The molecule has 0 saturated heterocycles. The first-order chi connectivity index (χ1) is 9.90. The van der Waals surface area contributed by atoms with E-state index in [9.17, 15) is 0 Å². The minimum absolute atomic E-state index is 0.295. The zero-order chi connectivity index (χ0) is 13.8. The smallest absolute Gasteiger partial charge is 0.0552 e. The van der Waals surface area contributed by atoms with E-state index in [4.69, 9.17) is 5.11 Å². The molecule has 2 nitrogen and oxygen atoms in total. The summed E-state index contributed by atoms with van der Waals surface area (Å²) in [6.45, 7) is 1.30. The number of hydrogen-bond donors (Lipinski definition) is 1. The molecule has 1 aliphatic rings. The van der Waals surface area contributed by atoms with Crippen molar-refractivity contribution in [3.05, 3.63) is 48.5 Å². The van der Waals surface area contributed by atoms with Crippen LogP contribution >= 0.6 is 11.8 Å². The summed E-state index contributed by atoms with van der Waals surface area (Å²) in [5.74, 6) is 0. The highest BCUT2D eigenvalue weighted by molar-refractivity contribution is 7.99. The Hall–Kier alpha value is -1.45. The molecule has 3 rings (SSSR count). The monoisotopic (exact) mass is 285 g/mol. The molecule has 0 aromatic heterocycles. The summed E-state index contributed by atoms with van der Waals surface area (Å²) in [6, 6.07) is 17.2. The number of nitrogens with zero attached hydrogens (tertiary/aromatic N) is 1. The van der Waals surface area contributed by atoms with E-state index in [-0.39, 0.29) is 0 Å². The van der Waals surface area contributed by atoms with Crippen LogP contribution < -0.4 is 4.90 Å². The van der Waals surface area contributed by atoms with Crippen LogP contribution in [0, 0.1) is 0 Å². The Morgan fingerprint density at radius 1 is 0.800 bits per heavy atom. The maximum Gasteiger partial charge on any atom is 0.0552 e. The summed E-state index contributed by atoms with van der Waals surface area (Å²) in [6.07, 6.45) is 3.07. The molecule has 0 unspecified atom stereocenters. The lowest BCUT2D eigenvalue weighted by Gasteiger charge is -2.32. The number of hydrogen-bond acceptors (Lipinski definition) is 3. The molecule has 2 aromatic rings. The second-order valence-electron chi connectivity index (χ2n) is 4.97. The van der Waals surface area contributed by atoms with Crippen LogP contribution in [0.1, 0.15) is 19.3 Å². The number of anilines is 2. The van der Waals surface area contributed by atoms with Crippen LogP contribution in [0.15, 0.2) is 58.3 Å². The number of rotatable bonds is 5. The molecule has 2 aromatic carbocycles. The molecule has 20 heavy (non-hydrogen) atoms. The molecule has 3 heteroatoms. The Morgan fingerprint density at radius 3 is 2.00 bits per heavy atom. The lowest BCUT2D eigenvalue weighted by atomic mass is 10.2. The Kier molecular flexibility index (Phi) is 4.28. The van der Waals surface area contributed by atoms with Crippen molar-refractivity contribution < 1.29 is 5.11 Å². The highest BCUT2D eigenvalue weighted by Crippen LogP contribution is 2.47. The van der Waals surface area contributed by atoms with Crippen molar-refractivity contribution in [3.63, 3.8) is 0 Å². The maximum absolute atomic E-state index is 8.90. The van der Waals surface area contributed by atoms with Gasteiger partial charge in [0.1, 0.15) is 0 Å². The van der Waals surface area contributed by atoms with Crippen LogP contribution in [0.3, 0.4) is 0 Å². The third-order valence-corrected chi connectivity index (χ3v) is 4.70. The molecule has 0 atom stereocenters. The molecule has 0 bridgehead atoms. The van der Waals surface area contributed by atoms with E-state index in [0.717, 1.165) is 25.8 Å². The molecule has 1 heterocycles. The minimum Gasteiger partial charge on any atom is -0.396 e.